The fourth-order valence-electron chi connectivity index (χ4n) is 6.71. The van der Waals surface area contributed by atoms with Gasteiger partial charge in [-0.1, -0.05) is 0 Å². The number of methoxy groups -OCH3 is 1. The summed E-state index contributed by atoms with van der Waals surface area (Å²) in [6.07, 6.45) is 4.81. The van der Waals surface area contributed by atoms with Gasteiger partial charge in [-0.2, -0.15) is 0 Å². The monoisotopic (exact) mass is 402 g/mol. The second-order valence-corrected chi connectivity index (χ2v) is 9.10. The molecule has 5 atom stereocenters. The van der Waals surface area contributed by atoms with E-state index in [1.165, 1.54) is 11.1 Å². The van der Waals surface area contributed by atoms with Crippen LogP contribution in [0.1, 0.15) is 43.2 Å². The van der Waals surface area contributed by atoms with Gasteiger partial charge in [0.2, 0.25) is 0 Å². The number of carbonyl (C=O) groups is 1. The van der Waals surface area contributed by atoms with Crippen molar-refractivity contribution in [3.8, 4) is 17.2 Å². The average molecular weight is 402 g/mol. The van der Waals surface area contributed by atoms with Crippen molar-refractivity contribution in [2.75, 3.05) is 27.2 Å². The molecule has 7 nitrogen and oxygen atoms in total. The van der Waals surface area contributed by atoms with E-state index in [4.69, 9.17) is 14.6 Å². The summed E-state index contributed by atoms with van der Waals surface area (Å²) < 4.78 is 12.2. The van der Waals surface area contributed by atoms with Crippen LogP contribution in [-0.2, 0) is 16.6 Å². The molecule has 1 saturated carbocycles. The van der Waals surface area contributed by atoms with Gasteiger partial charge < -0.3 is 29.9 Å². The van der Waals surface area contributed by atoms with Crippen LogP contribution in [-0.4, -0.2) is 66.5 Å². The molecule has 2 bridgehead atoms. The van der Waals surface area contributed by atoms with Crippen LogP contribution in [0.25, 0.3) is 0 Å². The molecule has 2 aliphatic heterocycles. The first-order chi connectivity index (χ1) is 14.0. The zero-order valence-corrected chi connectivity index (χ0v) is 17.1. The molecule has 0 unspecified atom stereocenters. The van der Waals surface area contributed by atoms with Gasteiger partial charge in [0, 0.05) is 41.1 Å². The Morgan fingerprint density at radius 3 is 3.03 bits per heavy atom. The van der Waals surface area contributed by atoms with Crippen molar-refractivity contribution in [2.45, 2.75) is 62.1 Å². The van der Waals surface area contributed by atoms with Gasteiger partial charge in [0.1, 0.15) is 11.9 Å². The highest BCUT2D eigenvalue weighted by molar-refractivity contribution is 5.66. The van der Waals surface area contributed by atoms with Gasteiger partial charge in [-0.3, -0.25) is 4.79 Å². The molecule has 1 saturated heterocycles. The normalized spacial score (nSPS) is 34.4. The number of ether oxygens (including phenoxy) is 2. The summed E-state index contributed by atoms with van der Waals surface area (Å²) in [4.78, 5) is 13.3. The van der Waals surface area contributed by atoms with E-state index in [2.05, 4.69) is 17.3 Å². The van der Waals surface area contributed by atoms with Crippen molar-refractivity contribution in [3.63, 3.8) is 0 Å². The lowest BCUT2D eigenvalue weighted by molar-refractivity contribution is -0.137. The van der Waals surface area contributed by atoms with Crippen LogP contribution >= 0.6 is 0 Å². The Bertz CT molecular complexity index is 843. The fraction of sp³-hybridized carbons (Fsp3) is 0.682. The quantitative estimate of drug-likeness (QED) is 0.626. The predicted octanol–water partition coefficient (Wildman–Crippen LogP) is 1.89. The molecule has 0 amide bonds. The summed E-state index contributed by atoms with van der Waals surface area (Å²) >= 11 is 0. The summed E-state index contributed by atoms with van der Waals surface area (Å²) in [5.41, 5.74) is 2.28. The number of rotatable bonds is 6. The predicted molar refractivity (Wildman–Crippen MR) is 107 cm³/mol. The van der Waals surface area contributed by atoms with Crippen LogP contribution in [0.2, 0.25) is 0 Å². The second kappa shape index (κ2) is 6.77. The van der Waals surface area contributed by atoms with E-state index >= 15 is 0 Å². The molecule has 1 aromatic rings. The van der Waals surface area contributed by atoms with E-state index in [1.807, 2.05) is 0 Å². The molecule has 2 fully saturated rings. The SMILES string of the molecule is COc1cc(O)c2c3c1C[C@@H]1[C@@H]4CC[C@@H](NCCCC(=O)O)[C@H](O2)[C@]34CCN1C. The Balaban J connectivity index is 1.54. The number of aliphatic carboxylic acids is 1. The van der Waals surface area contributed by atoms with Gasteiger partial charge in [-0.25, -0.2) is 0 Å². The summed E-state index contributed by atoms with van der Waals surface area (Å²) in [5, 5.41) is 23.2. The standard InChI is InChI=1S/C22H30N2O5/c1-24-9-7-22-13-5-6-14(23-8-3-4-18(26)27)21(22)29-20-16(25)11-17(28-2)12(19(20)22)10-15(13)24/h11,13-15,21,23,25H,3-10H2,1-2H3,(H,26,27)/t13-,14+,15+,21-,22-/m0/s1. The van der Waals surface area contributed by atoms with E-state index in [1.54, 1.807) is 13.2 Å². The molecule has 0 aromatic heterocycles. The number of likely N-dealkylation sites (N-methyl/N-ethyl adjacent to an activating group) is 1. The molecule has 2 aliphatic carbocycles. The summed E-state index contributed by atoms with van der Waals surface area (Å²) in [6, 6.07) is 2.32. The smallest absolute Gasteiger partial charge is 0.303 e. The molecule has 7 heteroatoms. The van der Waals surface area contributed by atoms with Crippen LogP contribution < -0.4 is 14.8 Å². The minimum absolute atomic E-state index is 0.0330. The van der Waals surface area contributed by atoms with Crippen LogP contribution in [0.4, 0.5) is 0 Å². The van der Waals surface area contributed by atoms with Gasteiger partial charge in [0.25, 0.3) is 0 Å². The summed E-state index contributed by atoms with van der Waals surface area (Å²) in [5.74, 6) is 1.33. The molecule has 3 N–H and O–H groups in total. The summed E-state index contributed by atoms with van der Waals surface area (Å²) in [6.45, 7) is 1.68. The maximum Gasteiger partial charge on any atom is 0.303 e. The molecule has 5 rings (SSSR count). The highest BCUT2D eigenvalue weighted by atomic mass is 16.5. The van der Waals surface area contributed by atoms with Crippen molar-refractivity contribution in [1.82, 2.24) is 10.2 Å². The number of nitrogens with zero attached hydrogens (tertiary/aromatic N) is 1. The number of nitrogens with one attached hydrogen (secondary N) is 1. The van der Waals surface area contributed by atoms with E-state index in [-0.39, 0.29) is 29.7 Å². The number of phenolic OH excluding ortho intramolecular Hbond substituents is 1. The minimum Gasteiger partial charge on any atom is -0.504 e. The number of aromatic hydroxyl groups is 1. The number of hydrogen-bond acceptors (Lipinski definition) is 6. The maximum absolute atomic E-state index is 10.8. The molecule has 1 aromatic carbocycles. The molecule has 1 spiro atoms. The lowest BCUT2D eigenvalue weighted by atomic mass is 9.51. The number of carboxylic acids is 1. The van der Waals surface area contributed by atoms with Crippen LogP contribution in [0, 0.1) is 5.92 Å². The molecule has 29 heavy (non-hydrogen) atoms. The highest BCUT2D eigenvalue weighted by Crippen LogP contribution is 2.65. The minimum atomic E-state index is -0.759. The Kier molecular flexibility index (Phi) is 4.44. The van der Waals surface area contributed by atoms with Crippen LogP contribution in [0.3, 0.4) is 0 Å². The third-order valence-electron chi connectivity index (χ3n) is 7.88. The second-order valence-electron chi connectivity index (χ2n) is 9.10. The largest absolute Gasteiger partial charge is 0.504 e. The van der Waals surface area contributed by atoms with Gasteiger partial charge >= 0.3 is 5.97 Å². The molecular weight excluding hydrogens is 372 g/mol. The van der Waals surface area contributed by atoms with Crippen molar-refractivity contribution in [1.29, 1.82) is 0 Å². The van der Waals surface area contributed by atoms with Gasteiger partial charge in [-0.05, 0) is 58.2 Å². The first-order valence-corrected chi connectivity index (χ1v) is 10.7. The van der Waals surface area contributed by atoms with Crippen LogP contribution in [0.15, 0.2) is 6.07 Å². The number of benzene rings is 1. The third-order valence-corrected chi connectivity index (χ3v) is 7.88. The molecule has 0 radical (unpaired) electrons. The van der Waals surface area contributed by atoms with Gasteiger partial charge in [-0.15, -0.1) is 0 Å². The third kappa shape index (κ3) is 2.60. The first-order valence-electron chi connectivity index (χ1n) is 10.7. The Morgan fingerprint density at radius 2 is 2.28 bits per heavy atom. The van der Waals surface area contributed by atoms with Crippen molar-refractivity contribution < 1.29 is 24.5 Å². The zero-order chi connectivity index (χ0) is 20.3. The zero-order valence-electron chi connectivity index (χ0n) is 17.1. The molecular formula is C22H30N2O5. The van der Waals surface area contributed by atoms with Crippen molar-refractivity contribution in [3.05, 3.63) is 17.2 Å². The molecule has 158 valence electrons. The van der Waals surface area contributed by atoms with Crippen LogP contribution in [0.5, 0.6) is 17.2 Å². The van der Waals surface area contributed by atoms with Crippen molar-refractivity contribution in [2.24, 2.45) is 5.92 Å². The number of piperidine rings is 1. The summed E-state index contributed by atoms with van der Waals surface area (Å²) in [7, 11) is 3.89. The lowest BCUT2D eigenvalue weighted by Crippen LogP contribution is -2.68. The number of phenols is 1. The van der Waals surface area contributed by atoms with E-state index < -0.39 is 5.97 Å². The number of carboxylic acid groups (broad SMARTS) is 1. The van der Waals surface area contributed by atoms with E-state index in [9.17, 15) is 9.90 Å². The molecule has 4 aliphatic rings. The van der Waals surface area contributed by atoms with Crippen molar-refractivity contribution >= 4 is 5.97 Å². The van der Waals surface area contributed by atoms with Gasteiger partial charge in [0.15, 0.2) is 11.5 Å². The lowest BCUT2D eigenvalue weighted by Gasteiger charge is -2.59. The topological polar surface area (TPSA) is 91.3 Å². The molecule has 2 heterocycles. The fourth-order valence-corrected chi connectivity index (χ4v) is 6.71. The number of hydrogen-bond donors (Lipinski definition) is 3. The Morgan fingerprint density at radius 1 is 1.45 bits per heavy atom. The Labute approximate surface area is 171 Å². The number of likely N-dealkylation sites (tertiary alicyclic amines) is 1. The van der Waals surface area contributed by atoms with Gasteiger partial charge in [0.05, 0.1) is 7.11 Å². The Hall–Kier alpha value is -1.99. The first kappa shape index (κ1) is 19.0. The van der Waals surface area contributed by atoms with E-state index in [0.29, 0.717) is 30.7 Å². The van der Waals surface area contributed by atoms with E-state index in [0.717, 1.165) is 38.0 Å². The average Bonchev–Trinajstić information content (AvgIpc) is 3.05. The maximum atomic E-state index is 10.8. The highest BCUT2D eigenvalue weighted by Gasteiger charge is 2.65.